The molecule has 0 aliphatic heterocycles. The van der Waals surface area contributed by atoms with Crippen LogP contribution in [-0.2, 0) is 43.2 Å². The fourth-order valence-electron chi connectivity index (χ4n) is 4.80. The lowest BCUT2D eigenvalue weighted by Gasteiger charge is -2.34. The molecule has 0 aliphatic carbocycles. The van der Waals surface area contributed by atoms with Crippen LogP contribution in [0, 0.1) is 0 Å². The van der Waals surface area contributed by atoms with Gasteiger partial charge in [0.2, 0.25) is 0 Å². The highest BCUT2D eigenvalue weighted by atomic mass is 31.2. The van der Waals surface area contributed by atoms with Gasteiger partial charge >= 0.3 is 13.6 Å². The maximum absolute atomic E-state index is 14.4. The molecule has 0 aliphatic rings. The first-order chi connectivity index (χ1) is 19.3. The third-order valence-corrected chi connectivity index (χ3v) is 7.97. The van der Waals surface area contributed by atoms with Crippen molar-refractivity contribution < 1.29 is 37.4 Å². The molecule has 0 spiro atoms. The standard InChI is InChI=1S/C31H27F2O6P/c1-37-30(35)27-18-16-24(17-19-27)21-31(28-10-6-3-7-11-28,29(34)26-8-4-2-5-9-26)20-23-12-14-25(15-13-23)22-40(36,38-32)39-33/h2-19H,20-22H2,1H3. The Balaban J connectivity index is 1.79. The van der Waals surface area contributed by atoms with Gasteiger partial charge in [-0.05, 0) is 56.3 Å². The van der Waals surface area contributed by atoms with Gasteiger partial charge < -0.3 is 4.74 Å². The van der Waals surface area contributed by atoms with E-state index >= 15 is 0 Å². The Kier molecular flexibility index (Phi) is 9.38. The van der Waals surface area contributed by atoms with Crippen molar-refractivity contribution in [3.63, 3.8) is 0 Å². The van der Waals surface area contributed by atoms with Crippen molar-refractivity contribution in [3.8, 4) is 0 Å². The van der Waals surface area contributed by atoms with Crippen LogP contribution in [0.2, 0.25) is 0 Å². The summed E-state index contributed by atoms with van der Waals surface area (Å²) < 4.78 is 48.3. The van der Waals surface area contributed by atoms with Gasteiger partial charge in [0.15, 0.2) is 5.78 Å². The summed E-state index contributed by atoms with van der Waals surface area (Å²) >= 11 is 0. The van der Waals surface area contributed by atoms with Crippen LogP contribution in [0.3, 0.4) is 0 Å². The fourth-order valence-corrected chi connectivity index (χ4v) is 5.58. The van der Waals surface area contributed by atoms with Gasteiger partial charge in [0.25, 0.3) is 0 Å². The van der Waals surface area contributed by atoms with E-state index in [0.717, 1.165) is 16.7 Å². The van der Waals surface area contributed by atoms with Crippen LogP contribution in [0.15, 0.2) is 109 Å². The first-order valence-electron chi connectivity index (χ1n) is 12.4. The van der Waals surface area contributed by atoms with Crippen molar-refractivity contribution in [2.24, 2.45) is 0 Å². The Bertz CT molecular complexity index is 1470. The second kappa shape index (κ2) is 12.9. The molecule has 0 saturated carbocycles. The molecule has 4 rings (SSSR count). The van der Waals surface area contributed by atoms with Gasteiger partial charge in [-0.2, -0.15) is 0 Å². The number of methoxy groups -OCH3 is 1. The molecule has 0 aromatic heterocycles. The molecule has 1 atom stereocenters. The monoisotopic (exact) mass is 564 g/mol. The lowest BCUT2D eigenvalue weighted by atomic mass is 9.67. The van der Waals surface area contributed by atoms with E-state index < -0.39 is 25.1 Å². The maximum atomic E-state index is 14.4. The lowest BCUT2D eigenvalue weighted by molar-refractivity contribution is -0.0881. The van der Waals surface area contributed by atoms with Crippen molar-refractivity contribution >= 4 is 19.3 Å². The molecule has 6 nitrogen and oxygen atoms in total. The van der Waals surface area contributed by atoms with E-state index in [1.165, 1.54) is 7.11 Å². The van der Waals surface area contributed by atoms with E-state index in [9.17, 15) is 23.2 Å². The molecule has 9 heteroatoms. The molecule has 0 fully saturated rings. The molecule has 0 amide bonds. The normalized spacial score (nSPS) is 12.9. The lowest BCUT2D eigenvalue weighted by Crippen LogP contribution is -2.40. The topological polar surface area (TPSA) is 78.9 Å². The van der Waals surface area contributed by atoms with Crippen molar-refractivity contribution in [3.05, 3.63) is 143 Å². The van der Waals surface area contributed by atoms with Gasteiger partial charge in [-0.1, -0.05) is 97.1 Å². The van der Waals surface area contributed by atoms with Crippen molar-refractivity contribution in [1.29, 1.82) is 0 Å². The first-order valence-corrected chi connectivity index (χ1v) is 14.2. The van der Waals surface area contributed by atoms with Crippen LogP contribution in [0.1, 0.15) is 43.0 Å². The summed E-state index contributed by atoms with van der Waals surface area (Å²) in [5.74, 6) is -0.552. The zero-order valence-corrected chi connectivity index (χ0v) is 22.6. The number of hydrogen-bond acceptors (Lipinski definition) is 6. The van der Waals surface area contributed by atoms with E-state index in [0.29, 0.717) is 23.1 Å². The molecule has 40 heavy (non-hydrogen) atoms. The largest absolute Gasteiger partial charge is 0.465 e. The second-order valence-electron chi connectivity index (χ2n) is 9.41. The number of rotatable bonds is 12. The number of hydrogen-bond donors (Lipinski definition) is 0. The molecule has 0 bridgehead atoms. The predicted octanol–water partition coefficient (Wildman–Crippen LogP) is 7.57. The Morgan fingerprint density at radius 1 is 0.675 bits per heavy atom. The third-order valence-electron chi connectivity index (χ3n) is 6.79. The van der Waals surface area contributed by atoms with Gasteiger partial charge in [0.1, 0.15) is 0 Å². The molecular weight excluding hydrogens is 537 g/mol. The van der Waals surface area contributed by atoms with Gasteiger partial charge in [-0.3, -0.25) is 9.36 Å². The first kappa shape index (κ1) is 29.0. The number of halogens is 2. The Morgan fingerprint density at radius 2 is 1.15 bits per heavy atom. The Hall–Kier alpha value is -3.97. The van der Waals surface area contributed by atoms with Crippen LogP contribution in [-0.4, -0.2) is 18.9 Å². The number of carbonyl (C=O) groups excluding carboxylic acids is 2. The zero-order chi connectivity index (χ0) is 28.6. The van der Waals surface area contributed by atoms with Crippen LogP contribution >= 0.6 is 7.60 Å². The summed E-state index contributed by atoms with van der Waals surface area (Å²) in [6, 6.07) is 31.9. The summed E-state index contributed by atoms with van der Waals surface area (Å²) in [5.41, 5.74) is 2.60. The van der Waals surface area contributed by atoms with Gasteiger partial charge in [-0.25, -0.2) is 4.79 Å². The summed E-state index contributed by atoms with van der Waals surface area (Å²) in [5, 5.41) is 0. The van der Waals surface area contributed by atoms with Gasteiger partial charge in [-0.15, -0.1) is 9.46 Å². The molecule has 0 saturated heterocycles. The molecular formula is C31H27F2O6P. The van der Waals surface area contributed by atoms with Crippen molar-refractivity contribution in [1.82, 2.24) is 0 Å². The fraction of sp³-hybridized carbons (Fsp3) is 0.161. The van der Waals surface area contributed by atoms with E-state index in [-0.39, 0.29) is 12.2 Å². The van der Waals surface area contributed by atoms with Crippen LogP contribution in [0.25, 0.3) is 0 Å². The van der Waals surface area contributed by atoms with Gasteiger partial charge in [0, 0.05) is 5.56 Å². The quantitative estimate of drug-likeness (QED) is 0.100. The minimum absolute atomic E-state index is 0.0958. The molecule has 4 aromatic carbocycles. The Labute approximate surface area is 230 Å². The number of ketones is 1. The average Bonchev–Trinajstić information content (AvgIpc) is 3.02. The average molecular weight is 565 g/mol. The molecule has 4 aromatic rings. The van der Waals surface area contributed by atoms with Crippen LogP contribution in [0.4, 0.5) is 9.05 Å². The highest BCUT2D eigenvalue weighted by Crippen LogP contribution is 2.52. The summed E-state index contributed by atoms with van der Waals surface area (Å²) in [7, 11) is -3.23. The van der Waals surface area contributed by atoms with Crippen molar-refractivity contribution in [2.45, 2.75) is 24.4 Å². The SMILES string of the molecule is COC(=O)c1ccc(CC(Cc2ccc(CP(=O)(OF)OF)cc2)(C(=O)c2ccccc2)c2ccccc2)cc1. The second-order valence-corrected chi connectivity index (χ2v) is 11.2. The zero-order valence-electron chi connectivity index (χ0n) is 21.7. The molecule has 0 radical (unpaired) electrons. The maximum Gasteiger partial charge on any atom is 0.399 e. The molecule has 1 unspecified atom stereocenters. The predicted molar refractivity (Wildman–Crippen MR) is 146 cm³/mol. The Morgan fingerprint density at radius 3 is 1.65 bits per heavy atom. The van der Waals surface area contributed by atoms with Crippen molar-refractivity contribution in [2.75, 3.05) is 7.11 Å². The van der Waals surface area contributed by atoms with E-state index in [1.807, 2.05) is 36.4 Å². The van der Waals surface area contributed by atoms with E-state index in [1.54, 1.807) is 72.8 Å². The number of benzene rings is 4. The molecule has 0 N–H and O–H groups in total. The third kappa shape index (κ3) is 6.59. The minimum atomic E-state index is -4.54. The van der Waals surface area contributed by atoms with E-state index in [2.05, 4.69) is 9.46 Å². The number of ether oxygens (including phenoxy) is 1. The number of carbonyl (C=O) groups is 2. The van der Waals surface area contributed by atoms with Crippen LogP contribution < -0.4 is 0 Å². The summed E-state index contributed by atoms with van der Waals surface area (Å²) in [6.45, 7) is 0. The summed E-state index contributed by atoms with van der Waals surface area (Å²) in [6.07, 6.45) is -0.00517. The molecule has 0 heterocycles. The number of Topliss-reactive ketones (excluding diaryl/α,β-unsaturated/α-hetero) is 1. The highest BCUT2D eigenvalue weighted by molar-refractivity contribution is 7.52. The molecule has 206 valence electrons. The van der Waals surface area contributed by atoms with E-state index in [4.69, 9.17) is 4.74 Å². The number of esters is 1. The van der Waals surface area contributed by atoms with Gasteiger partial charge in [0.05, 0.1) is 24.3 Å². The van der Waals surface area contributed by atoms with Crippen LogP contribution in [0.5, 0.6) is 0 Å². The highest BCUT2D eigenvalue weighted by Gasteiger charge is 2.41. The summed E-state index contributed by atoms with van der Waals surface area (Å²) in [4.78, 5) is 26.4. The minimum Gasteiger partial charge on any atom is -0.465 e. The smallest absolute Gasteiger partial charge is 0.399 e.